The number of hydrogen-bond donors (Lipinski definition) is 0. The van der Waals surface area contributed by atoms with Crippen LogP contribution in [0, 0.1) is 9.81 Å². The van der Waals surface area contributed by atoms with E-state index >= 15 is 0 Å². The lowest BCUT2D eigenvalue weighted by atomic mass is 10.1. The molecule has 0 saturated carbocycles. The van der Waals surface area contributed by atoms with Gasteiger partial charge in [0.25, 0.3) is 0 Å². The van der Waals surface area contributed by atoms with Crippen LogP contribution in [-0.4, -0.2) is 23.5 Å². The minimum atomic E-state index is -0.489. The summed E-state index contributed by atoms with van der Waals surface area (Å²) in [7, 11) is 0. The molecule has 0 fully saturated rings. The molecule has 0 saturated heterocycles. The smallest absolute Gasteiger partial charge is 0.127 e. The average molecular weight is 324 g/mol. The molecule has 0 aliphatic carbocycles. The van der Waals surface area contributed by atoms with Gasteiger partial charge in [-0.05, 0) is 45.2 Å². The summed E-state index contributed by atoms with van der Waals surface area (Å²) < 4.78 is 0. The molecule has 2 rings (SSSR count). The summed E-state index contributed by atoms with van der Waals surface area (Å²) in [5.41, 5.74) is 2.71. The van der Waals surface area contributed by atoms with E-state index in [9.17, 15) is 9.81 Å². The molecule has 124 valence electrons. The second-order valence-electron chi connectivity index (χ2n) is 5.72. The third kappa shape index (κ3) is 3.76. The maximum atomic E-state index is 10.7. The number of aliphatic imine (C=N–C) groups is 2. The van der Waals surface area contributed by atoms with Gasteiger partial charge in [0, 0.05) is 16.8 Å². The first kappa shape index (κ1) is 17.6. The van der Waals surface area contributed by atoms with E-state index in [-0.39, 0.29) is 0 Å². The van der Waals surface area contributed by atoms with Crippen molar-refractivity contribution in [1.29, 1.82) is 0 Å². The molecule has 0 aliphatic rings. The van der Waals surface area contributed by atoms with Crippen LogP contribution in [0.25, 0.3) is 10.8 Å². The fourth-order valence-electron chi connectivity index (χ4n) is 2.21. The van der Waals surface area contributed by atoms with Gasteiger partial charge in [-0.2, -0.15) is 9.81 Å². The second-order valence-corrected chi connectivity index (χ2v) is 5.72. The number of nitroso groups, excluding NO2 is 2. The van der Waals surface area contributed by atoms with Crippen LogP contribution in [-0.2, 0) is 0 Å². The summed E-state index contributed by atoms with van der Waals surface area (Å²) in [4.78, 5) is 30.6. The van der Waals surface area contributed by atoms with Gasteiger partial charge in [0.15, 0.2) is 0 Å². The van der Waals surface area contributed by atoms with Crippen molar-refractivity contribution in [3.8, 4) is 0 Å². The van der Waals surface area contributed by atoms with Crippen LogP contribution in [0.1, 0.15) is 27.7 Å². The Bertz CT molecular complexity index is 762. The normalized spacial score (nSPS) is 15.2. The number of fused-ring (bicyclic) bond motifs is 1. The number of benzene rings is 2. The SMILES string of the molecule is CC(=Nc1cccc2cccc(N=C(C)C(C)N=O)c12)C(C)N=O. The second kappa shape index (κ2) is 7.68. The molecular weight excluding hydrogens is 304 g/mol. The lowest BCUT2D eigenvalue weighted by Gasteiger charge is -2.09. The van der Waals surface area contributed by atoms with Crippen molar-refractivity contribution < 1.29 is 0 Å². The van der Waals surface area contributed by atoms with Gasteiger partial charge in [0.1, 0.15) is 12.1 Å². The molecule has 0 heterocycles. The van der Waals surface area contributed by atoms with Gasteiger partial charge in [-0.25, -0.2) is 0 Å². The predicted molar refractivity (Wildman–Crippen MR) is 100 cm³/mol. The summed E-state index contributed by atoms with van der Waals surface area (Å²) in [6.45, 7) is 6.97. The molecule has 0 aliphatic heterocycles. The van der Waals surface area contributed by atoms with Crippen molar-refractivity contribution in [2.75, 3.05) is 0 Å². The van der Waals surface area contributed by atoms with Crippen LogP contribution in [0.2, 0.25) is 0 Å². The largest absolute Gasteiger partial charge is 0.255 e. The van der Waals surface area contributed by atoms with Crippen molar-refractivity contribution >= 4 is 33.6 Å². The first-order valence-electron chi connectivity index (χ1n) is 7.75. The van der Waals surface area contributed by atoms with Gasteiger partial charge in [-0.15, -0.1) is 0 Å². The molecular formula is C18H20N4O2. The Balaban J connectivity index is 2.66. The zero-order valence-corrected chi connectivity index (χ0v) is 14.2. The van der Waals surface area contributed by atoms with Crippen LogP contribution in [0.3, 0.4) is 0 Å². The van der Waals surface area contributed by atoms with Gasteiger partial charge < -0.3 is 0 Å². The van der Waals surface area contributed by atoms with Crippen LogP contribution >= 0.6 is 0 Å². The Morgan fingerprint density at radius 1 is 0.792 bits per heavy atom. The number of rotatable bonds is 6. The van der Waals surface area contributed by atoms with Crippen LogP contribution in [0.15, 0.2) is 56.7 Å². The topological polar surface area (TPSA) is 83.6 Å². The monoisotopic (exact) mass is 324 g/mol. The van der Waals surface area contributed by atoms with Gasteiger partial charge >= 0.3 is 0 Å². The standard InChI is InChI=1S/C18H20N4O2/c1-11(13(3)21-23)19-16-9-5-7-15-8-6-10-17(18(15)16)20-12(2)14(4)22-24/h5-10,13-14H,1-4H3. The lowest BCUT2D eigenvalue weighted by molar-refractivity contribution is 0.955. The van der Waals surface area contributed by atoms with Crippen LogP contribution in [0.5, 0.6) is 0 Å². The molecule has 2 atom stereocenters. The third-order valence-corrected chi connectivity index (χ3v) is 3.98. The minimum Gasteiger partial charge on any atom is -0.255 e. The van der Waals surface area contributed by atoms with Crippen molar-refractivity contribution in [3.05, 3.63) is 46.2 Å². The Morgan fingerprint density at radius 3 is 1.58 bits per heavy atom. The first-order chi connectivity index (χ1) is 11.5. The third-order valence-electron chi connectivity index (χ3n) is 3.98. The maximum Gasteiger partial charge on any atom is 0.127 e. The van der Waals surface area contributed by atoms with Gasteiger partial charge in [0.05, 0.1) is 11.4 Å². The zero-order valence-electron chi connectivity index (χ0n) is 14.2. The molecule has 0 aromatic heterocycles. The molecule has 2 aromatic rings. The molecule has 0 amide bonds. The molecule has 0 spiro atoms. The van der Waals surface area contributed by atoms with E-state index < -0.39 is 12.1 Å². The Morgan fingerprint density at radius 2 is 1.21 bits per heavy atom. The van der Waals surface area contributed by atoms with E-state index in [1.54, 1.807) is 27.7 Å². The molecule has 24 heavy (non-hydrogen) atoms. The summed E-state index contributed by atoms with van der Waals surface area (Å²) in [5.74, 6) is 0. The predicted octanol–water partition coefficient (Wildman–Crippen LogP) is 5.33. The number of hydrogen-bond acceptors (Lipinski definition) is 6. The number of nitrogens with zero attached hydrogens (tertiary/aromatic N) is 4. The molecule has 6 heteroatoms. The average Bonchev–Trinajstić information content (AvgIpc) is 2.60. The van der Waals surface area contributed by atoms with Crippen molar-refractivity contribution in [2.24, 2.45) is 20.3 Å². The van der Waals surface area contributed by atoms with Gasteiger partial charge in [-0.3, -0.25) is 9.98 Å². The highest BCUT2D eigenvalue weighted by atomic mass is 16.3. The van der Waals surface area contributed by atoms with Crippen molar-refractivity contribution in [1.82, 2.24) is 0 Å². The Kier molecular flexibility index (Phi) is 5.63. The van der Waals surface area contributed by atoms with Gasteiger partial charge in [-0.1, -0.05) is 34.6 Å². The molecule has 6 nitrogen and oxygen atoms in total. The Labute approximate surface area is 140 Å². The van der Waals surface area contributed by atoms with E-state index in [0.717, 1.165) is 22.1 Å². The van der Waals surface area contributed by atoms with Crippen LogP contribution in [0.4, 0.5) is 11.4 Å². The fraction of sp³-hybridized carbons (Fsp3) is 0.333. The summed E-state index contributed by atoms with van der Waals surface area (Å²) in [6, 6.07) is 10.5. The van der Waals surface area contributed by atoms with E-state index in [0.29, 0.717) is 11.4 Å². The van der Waals surface area contributed by atoms with Crippen molar-refractivity contribution in [3.63, 3.8) is 0 Å². The first-order valence-corrected chi connectivity index (χ1v) is 7.75. The molecule has 2 aromatic carbocycles. The van der Waals surface area contributed by atoms with Crippen molar-refractivity contribution in [2.45, 2.75) is 39.8 Å². The fourth-order valence-corrected chi connectivity index (χ4v) is 2.21. The zero-order chi connectivity index (χ0) is 17.7. The summed E-state index contributed by atoms with van der Waals surface area (Å²) >= 11 is 0. The highest BCUT2D eigenvalue weighted by Crippen LogP contribution is 2.35. The molecule has 0 radical (unpaired) electrons. The molecule has 0 N–H and O–H groups in total. The maximum absolute atomic E-state index is 10.7. The van der Waals surface area contributed by atoms with Gasteiger partial charge in [0.2, 0.25) is 0 Å². The Hall–Kier alpha value is -2.76. The van der Waals surface area contributed by atoms with E-state index in [1.165, 1.54) is 0 Å². The quantitative estimate of drug-likeness (QED) is 0.531. The lowest BCUT2D eigenvalue weighted by Crippen LogP contribution is -2.09. The molecule has 2 unspecified atom stereocenters. The minimum absolute atomic E-state index is 0.489. The van der Waals surface area contributed by atoms with E-state index in [2.05, 4.69) is 20.3 Å². The van der Waals surface area contributed by atoms with Crippen LogP contribution < -0.4 is 0 Å². The molecule has 0 bridgehead atoms. The van der Waals surface area contributed by atoms with E-state index in [1.807, 2.05) is 36.4 Å². The summed E-state index contributed by atoms with van der Waals surface area (Å²) in [6.07, 6.45) is 0. The highest BCUT2D eigenvalue weighted by molar-refractivity contribution is 6.05. The summed E-state index contributed by atoms with van der Waals surface area (Å²) in [5, 5.41) is 7.88. The highest BCUT2D eigenvalue weighted by Gasteiger charge is 2.11. The van der Waals surface area contributed by atoms with E-state index in [4.69, 9.17) is 0 Å².